The molecule has 8 aromatic rings. The topological polar surface area (TPSA) is 115 Å². The van der Waals surface area contributed by atoms with E-state index < -0.39 is 22.7 Å². The molecule has 4 heterocycles. The maximum atomic E-state index is 14.0. The van der Waals surface area contributed by atoms with Crippen LogP contribution in [-0.4, -0.2) is 29.9 Å². The van der Waals surface area contributed by atoms with Gasteiger partial charge in [-0.3, -0.25) is 0 Å². The SMILES string of the molecule is FC(F)(F)c1cnc(Cl)nc1Cl.Fc1cnc(Cl)nc1NCc1cc2cccc(Cl)c2nc1-c1ccccc1Cl.NCc1cc2cccc(Cl)c2nc1-c1ccccc1Cl. The number of hydrogen-bond acceptors (Lipinski definition) is 8. The summed E-state index contributed by atoms with van der Waals surface area (Å²) in [6.07, 6.45) is -2.98. The molecule has 60 heavy (non-hydrogen) atoms. The van der Waals surface area contributed by atoms with Gasteiger partial charge in [-0.25, -0.2) is 29.3 Å². The van der Waals surface area contributed by atoms with Gasteiger partial charge in [0.2, 0.25) is 10.6 Å². The van der Waals surface area contributed by atoms with Crippen molar-refractivity contribution in [3.05, 3.63) is 168 Å². The van der Waals surface area contributed by atoms with Gasteiger partial charge in [0.05, 0.1) is 38.7 Å². The van der Waals surface area contributed by atoms with Crippen LogP contribution in [-0.2, 0) is 19.3 Å². The van der Waals surface area contributed by atoms with E-state index in [0.29, 0.717) is 44.0 Å². The van der Waals surface area contributed by atoms with Crippen LogP contribution in [0.4, 0.5) is 23.4 Å². The molecule has 8 rings (SSSR count). The lowest BCUT2D eigenvalue weighted by Crippen LogP contribution is -2.07. The van der Waals surface area contributed by atoms with E-state index in [2.05, 4.69) is 30.2 Å². The van der Waals surface area contributed by atoms with Gasteiger partial charge >= 0.3 is 6.18 Å². The van der Waals surface area contributed by atoms with E-state index in [1.807, 2.05) is 84.9 Å². The summed E-state index contributed by atoms with van der Waals surface area (Å²) in [5, 5.41) is 6.12. The summed E-state index contributed by atoms with van der Waals surface area (Å²) in [6, 6.07) is 30.2. The molecular weight excluding hydrogens is 929 g/mol. The lowest BCUT2D eigenvalue weighted by Gasteiger charge is -2.14. The number of pyridine rings is 2. The van der Waals surface area contributed by atoms with Gasteiger partial charge in [-0.2, -0.15) is 18.2 Å². The van der Waals surface area contributed by atoms with Crippen LogP contribution in [0.3, 0.4) is 0 Å². The molecule has 0 spiro atoms. The summed E-state index contributed by atoms with van der Waals surface area (Å²) in [5.41, 5.74) is 11.0. The van der Waals surface area contributed by atoms with Crippen LogP contribution in [0.2, 0.25) is 35.8 Å². The average Bonchev–Trinajstić information content (AvgIpc) is 3.21. The lowest BCUT2D eigenvalue weighted by molar-refractivity contribution is -0.138. The molecule has 0 amide bonds. The van der Waals surface area contributed by atoms with Crippen LogP contribution in [0.1, 0.15) is 16.7 Å². The highest BCUT2D eigenvalue weighted by Crippen LogP contribution is 2.36. The fraction of sp³-hybridized carbons (Fsp3) is 0.0732. The summed E-state index contributed by atoms with van der Waals surface area (Å²) in [7, 11) is 0. The third kappa shape index (κ3) is 10.8. The maximum Gasteiger partial charge on any atom is 0.420 e. The van der Waals surface area contributed by atoms with Gasteiger partial charge in [-0.05, 0) is 70.7 Å². The van der Waals surface area contributed by atoms with E-state index in [1.54, 1.807) is 12.1 Å². The highest BCUT2D eigenvalue weighted by Gasteiger charge is 2.34. The van der Waals surface area contributed by atoms with Crippen molar-refractivity contribution in [1.29, 1.82) is 0 Å². The Morgan fingerprint density at radius 3 is 1.57 bits per heavy atom. The molecule has 8 nitrogen and oxygen atoms in total. The molecule has 4 aromatic heterocycles. The van der Waals surface area contributed by atoms with Gasteiger partial charge < -0.3 is 11.1 Å². The number of alkyl halides is 3. The summed E-state index contributed by atoms with van der Waals surface area (Å²) in [4.78, 5) is 23.2. The quantitative estimate of drug-likeness (QED) is 0.0962. The molecule has 0 bridgehead atoms. The molecule has 0 aliphatic carbocycles. The summed E-state index contributed by atoms with van der Waals surface area (Å²) in [5.74, 6) is -0.586. The van der Waals surface area contributed by atoms with Crippen molar-refractivity contribution < 1.29 is 17.6 Å². The molecule has 0 unspecified atom stereocenters. The molecule has 4 aromatic carbocycles. The Morgan fingerprint density at radius 2 is 1.05 bits per heavy atom. The first-order valence-electron chi connectivity index (χ1n) is 17.2. The summed E-state index contributed by atoms with van der Waals surface area (Å²) < 4.78 is 49.9. The monoisotopic (exact) mass is 950 g/mol. The number of aromatic nitrogens is 6. The van der Waals surface area contributed by atoms with Crippen LogP contribution in [0, 0.1) is 5.82 Å². The van der Waals surface area contributed by atoms with Crippen molar-refractivity contribution in [1.82, 2.24) is 29.9 Å². The van der Waals surface area contributed by atoms with Crippen LogP contribution < -0.4 is 11.1 Å². The van der Waals surface area contributed by atoms with Gasteiger partial charge in [0.15, 0.2) is 11.6 Å². The second-order valence-corrected chi connectivity index (χ2v) is 15.0. The third-order valence-corrected chi connectivity index (χ3v) is 10.3. The van der Waals surface area contributed by atoms with Crippen LogP contribution in [0.25, 0.3) is 44.3 Å². The number of para-hydroxylation sites is 2. The molecule has 0 radical (unpaired) electrons. The van der Waals surface area contributed by atoms with Gasteiger partial charge in [0.1, 0.15) is 10.7 Å². The minimum Gasteiger partial charge on any atom is -0.363 e. The van der Waals surface area contributed by atoms with Gasteiger partial charge in [0, 0.05) is 51.2 Å². The van der Waals surface area contributed by atoms with Crippen LogP contribution in [0.5, 0.6) is 0 Å². The van der Waals surface area contributed by atoms with Gasteiger partial charge in [0.25, 0.3) is 0 Å². The average molecular weight is 954 g/mol. The Hall–Kier alpha value is -4.63. The predicted molar refractivity (Wildman–Crippen MR) is 234 cm³/mol. The predicted octanol–water partition coefficient (Wildman–Crippen LogP) is 13.9. The smallest absolute Gasteiger partial charge is 0.363 e. The van der Waals surface area contributed by atoms with Gasteiger partial charge in [-0.1, -0.05) is 119 Å². The van der Waals surface area contributed by atoms with E-state index in [0.717, 1.165) is 50.4 Å². The Balaban J connectivity index is 0.000000164. The van der Waals surface area contributed by atoms with E-state index >= 15 is 0 Å². The van der Waals surface area contributed by atoms with E-state index in [4.69, 9.17) is 91.9 Å². The van der Waals surface area contributed by atoms with Crippen molar-refractivity contribution in [3.63, 3.8) is 0 Å². The van der Waals surface area contributed by atoms with E-state index in [1.165, 1.54) is 0 Å². The molecule has 19 heteroatoms. The molecule has 0 aliphatic heterocycles. The third-order valence-electron chi connectivity index (χ3n) is 8.41. The van der Waals surface area contributed by atoms with Crippen molar-refractivity contribution in [2.75, 3.05) is 5.32 Å². The lowest BCUT2D eigenvalue weighted by atomic mass is 10.0. The normalized spacial score (nSPS) is 11.1. The highest BCUT2D eigenvalue weighted by molar-refractivity contribution is 6.36. The molecule has 0 atom stereocenters. The minimum absolute atomic E-state index is 0.0105. The van der Waals surface area contributed by atoms with Gasteiger partial charge in [-0.15, -0.1) is 0 Å². The minimum atomic E-state index is -4.54. The Labute approximate surface area is 374 Å². The highest BCUT2D eigenvalue weighted by atomic mass is 35.5. The second-order valence-electron chi connectivity index (χ2n) is 12.3. The number of halogens is 11. The number of rotatable bonds is 6. The number of nitrogens with zero attached hydrogens (tertiary/aromatic N) is 6. The zero-order valence-electron chi connectivity index (χ0n) is 30.2. The van der Waals surface area contributed by atoms with Crippen LogP contribution in [0.15, 0.2) is 109 Å². The Bertz CT molecular complexity index is 2830. The fourth-order valence-electron chi connectivity index (χ4n) is 5.66. The summed E-state index contributed by atoms with van der Waals surface area (Å²) in [6.45, 7) is 0.649. The molecule has 0 fully saturated rings. The largest absolute Gasteiger partial charge is 0.420 e. The zero-order valence-corrected chi connectivity index (χ0v) is 35.5. The standard InChI is InChI=1S/C20H12Cl3FN4.C16H12Cl2N2.C5HCl2F3N2/c21-14-6-2-1-5-13(14)17-12(8-11-4-3-7-15(22)18(11)27-17)9-25-19-16(24)10-26-20(23)28-19;17-13-6-2-1-5-12(13)15-11(9-19)8-10-4-3-7-14(18)16(10)20-15;6-3-2(5(8,9)10)1-11-4(7)12-3/h1-8,10H,9H2,(H,25,26,28);1-8H,9,19H2;1H. The van der Waals surface area contributed by atoms with Crippen molar-refractivity contribution in [3.8, 4) is 22.5 Å². The molecule has 0 saturated carbocycles. The first-order valence-corrected chi connectivity index (χ1v) is 19.8. The molecule has 306 valence electrons. The molecule has 0 saturated heterocycles. The Morgan fingerprint density at radius 1 is 0.567 bits per heavy atom. The molecule has 3 N–H and O–H groups in total. The van der Waals surface area contributed by atoms with Crippen molar-refractivity contribution in [2.45, 2.75) is 19.3 Å². The van der Waals surface area contributed by atoms with Crippen LogP contribution >= 0.6 is 81.2 Å². The number of nitrogens with one attached hydrogen (secondary N) is 1. The number of anilines is 1. The first-order chi connectivity index (χ1) is 28.6. The zero-order chi connectivity index (χ0) is 43.1. The summed E-state index contributed by atoms with van der Waals surface area (Å²) >= 11 is 41.3. The molecule has 0 aliphatic rings. The molecular formula is C41H25Cl7F4N8. The fourth-order valence-corrected chi connectivity index (χ4v) is 7.10. The van der Waals surface area contributed by atoms with E-state index in [-0.39, 0.29) is 22.9 Å². The number of fused-ring (bicyclic) bond motifs is 2. The second kappa shape index (κ2) is 19.8. The number of benzene rings is 4. The van der Waals surface area contributed by atoms with Crippen molar-refractivity contribution in [2.24, 2.45) is 5.73 Å². The first kappa shape index (κ1) is 44.9. The van der Waals surface area contributed by atoms with Crippen molar-refractivity contribution >= 4 is 109 Å². The maximum absolute atomic E-state index is 14.0. The number of nitrogens with two attached hydrogens (primary N) is 1. The van der Waals surface area contributed by atoms with E-state index in [9.17, 15) is 17.6 Å². The Kier molecular flexibility index (Phi) is 14.8. The number of hydrogen-bond donors (Lipinski definition) is 2.